The summed E-state index contributed by atoms with van der Waals surface area (Å²) in [6.45, 7) is 8.14. The largest absolute Gasteiger partial charge is 0.462 e. The van der Waals surface area contributed by atoms with Gasteiger partial charge in [-0.1, -0.05) is 13.8 Å². The van der Waals surface area contributed by atoms with E-state index in [1.54, 1.807) is 6.92 Å². The van der Waals surface area contributed by atoms with Crippen LogP contribution in [-0.4, -0.2) is 37.4 Å². The molecule has 2 rings (SSSR count). The third-order valence-electron chi connectivity index (χ3n) is 4.40. The number of carbonyl (C=O) groups is 2. The Hall–Kier alpha value is -0.940. The Morgan fingerprint density at radius 3 is 2.53 bits per heavy atom. The standard InChI is InChI=1S/C14H22O5/c1-7-12(10(4)19-13(7)16)6-18-14-8(2)11(5-17-14)9(3)15/h7-8,10-12,14H,5-6H2,1-4H3/t7-,8-,10+,11+,12-,14+/m0/s1. The zero-order chi connectivity index (χ0) is 14.2. The molecule has 0 aromatic heterocycles. The highest BCUT2D eigenvalue weighted by Crippen LogP contribution is 2.32. The lowest BCUT2D eigenvalue weighted by Crippen LogP contribution is -2.29. The molecule has 0 bridgehead atoms. The number of esters is 1. The van der Waals surface area contributed by atoms with Crippen molar-refractivity contribution in [3.8, 4) is 0 Å². The zero-order valence-corrected chi connectivity index (χ0v) is 11.9. The maximum Gasteiger partial charge on any atom is 0.309 e. The van der Waals surface area contributed by atoms with Crippen molar-refractivity contribution in [1.82, 2.24) is 0 Å². The van der Waals surface area contributed by atoms with E-state index in [1.165, 1.54) is 0 Å². The molecule has 5 nitrogen and oxygen atoms in total. The minimum absolute atomic E-state index is 0.0553. The van der Waals surface area contributed by atoms with Gasteiger partial charge in [-0.3, -0.25) is 9.59 Å². The maximum atomic E-state index is 11.4. The van der Waals surface area contributed by atoms with Crippen LogP contribution in [-0.2, 0) is 23.8 Å². The molecular formula is C14H22O5. The second kappa shape index (κ2) is 5.59. The number of rotatable bonds is 4. The number of hydrogen-bond donors (Lipinski definition) is 0. The molecule has 2 aliphatic rings. The van der Waals surface area contributed by atoms with Crippen LogP contribution in [0.3, 0.4) is 0 Å². The van der Waals surface area contributed by atoms with E-state index in [-0.39, 0.29) is 47.8 Å². The van der Waals surface area contributed by atoms with Crippen molar-refractivity contribution >= 4 is 11.8 Å². The van der Waals surface area contributed by atoms with Crippen LogP contribution in [0, 0.1) is 23.7 Å². The van der Waals surface area contributed by atoms with Gasteiger partial charge in [0.15, 0.2) is 6.29 Å². The Morgan fingerprint density at radius 2 is 2.05 bits per heavy atom. The van der Waals surface area contributed by atoms with Gasteiger partial charge in [0.25, 0.3) is 0 Å². The number of ether oxygens (including phenoxy) is 3. The number of Topliss-reactive ketones (excluding diaryl/α,β-unsaturated/α-hetero) is 1. The molecule has 0 N–H and O–H groups in total. The van der Waals surface area contributed by atoms with Crippen LogP contribution in [0.25, 0.3) is 0 Å². The van der Waals surface area contributed by atoms with Crippen LogP contribution in [0.5, 0.6) is 0 Å². The quantitative estimate of drug-likeness (QED) is 0.723. The summed E-state index contributed by atoms with van der Waals surface area (Å²) in [4.78, 5) is 22.9. The van der Waals surface area contributed by atoms with Crippen LogP contribution in [0.1, 0.15) is 27.7 Å². The van der Waals surface area contributed by atoms with Gasteiger partial charge in [0.2, 0.25) is 0 Å². The first-order valence-electron chi connectivity index (χ1n) is 6.86. The van der Waals surface area contributed by atoms with Gasteiger partial charge < -0.3 is 14.2 Å². The lowest BCUT2D eigenvalue weighted by molar-refractivity contribution is -0.143. The van der Waals surface area contributed by atoms with E-state index in [0.29, 0.717) is 13.2 Å². The predicted octanol–water partition coefficient (Wildman–Crippen LogP) is 1.40. The van der Waals surface area contributed by atoms with E-state index in [9.17, 15) is 9.59 Å². The van der Waals surface area contributed by atoms with Crippen LogP contribution >= 0.6 is 0 Å². The summed E-state index contributed by atoms with van der Waals surface area (Å²) in [7, 11) is 0. The summed E-state index contributed by atoms with van der Waals surface area (Å²) in [6, 6.07) is 0. The van der Waals surface area contributed by atoms with E-state index in [0.717, 1.165) is 0 Å². The van der Waals surface area contributed by atoms with Gasteiger partial charge in [0, 0.05) is 17.8 Å². The van der Waals surface area contributed by atoms with Gasteiger partial charge in [0.1, 0.15) is 11.9 Å². The SMILES string of the molecule is CC(=O)[C@@H]1CO[C@H](OC[C@H]2[C@H](C)C(=O)O[C@@H]2C)[C@H]1C. The minimum Gasteiger partial charge on any atom is -0.462 e. The molecule has 0 amide bonds. The molecule has 19 heavy (non-hydrogen) atoms. The van der Waals surface area contributed by atoms with Gasteiger partial charge in [0.05, 0.1) is 19.1 Å². The summed E-state index contributed by atoms with van der Waals surface area (Å²) in [5, 5.41) is 0. The second-order valence-electron chi connectivity index (χ2n) is 5.71. The number of cyclic esters (lactones) is 1. The predicted molar refractivity (Wildman–Crippen MR) is 67.2 cm³/mol. The summed E-state index contributed by atoms with van der Waals surface area (Å²) in [5.74, 6) is -0.139. The van der Waals surface area contributed by atoms with E-state index in [1.807, 2.05) is 20.8 Å². The molecule has 0 radical (unpaired) electrons. The Morgan fingerprint density at radius 1 is 1.37 bits per heavy atom. The molecule has 2 aliphatic heterocycles. The van der Waals surface area contributed by atoms with E-state index >= 15 is 0 Å². The fraction of sp³-hybridized carbons (Fsp3) is 0.857. The molecule has 2 fully saturated rings. The molecule has 2 heterocycles. The maximum absolute atomic E-state index is 11.4. The Kier molecular flexibility index (Phi) is 4.26. The minimum atomic E-state index is -0.357. The highest BCUT2D eigenvalue weighted by atomic mass is 16.7. The van der Waals surface area contributed by atoms with Crippen LogP contribution in [0.4, 0.5) is 0 Å². The van der Waals surface area contributed by atoms with Crippen molar-refractivity contribution in [1.29, 1.82) is 0 Å². The van der Waals surface area contributed by atoms with Crippen LogP contribution in [0.15, 0.2) is 0 Å². The molecule has 0 spiro atoms. The van der Waals surface area contributed by atoms with Crippen molar-refractivity contribution in [3.63, 3.8) is 0 Å². The second-order valence-corrected chi connectivity index (χ2v) is 5.71. The summed E-state index contributed by atoms with van der Waals surface area (Å²) in [6.07, 6.45) is -0.480. The van der Waals surface area contributed by atoms with Crippen LogP contribution < -0.4 is 0 Å². The van der Waals surface area contributed by atoms with Crippen molar-refractivity contribution in [2.24, 2.45) is 23.7 Å². The summed E-state index contributed by atoms with van der Waals surface area (Å²) < 4.78 is 16.5. The van der Waals surface area contributed by atoms with Crippen molar-refractivity contribution in [3.05, 3.63) is 0 Å². The van der Waals surface area contributed by atoms with Gasteiger partial charge in [-0.2, -0.15) is 0 Å². The average molecular weight is 270 g/mol. The van der Waals surface area contributed by atoms with Gasteiger partial charge >= 0.3 is 5.97 Å². The molecule has 5 heteroatoms. The highest BCUT2D eigenvalue weighted by Gasteiger charge is 2.42. The third-order valence-corrected chi connectivity index (χ3v) is 4.40. The molecule has 0 aliphatic carbocycles. The first-order chi connectivity index (χ1) is 8.91. The normalized spacial score (nSPS) is 42.4. The topological polar surface area (TPSA) is 61.8 Å². The molecule has 2 saturated heterocycles. The number of ketones is 1. The van der Waals surface area contributed by atoms with E-state index < -0.39 is 0 Å². The molecule has 108 valence electrons. The van der Waals surface area contributed by atoms with Crippen molar-refractivity contribution in [2.75, 3.05) is 13.2 Å². The summed E-state index contributed by atoms with van der Waals surface area (Å²) >= 11 is 0. The van der Waals surface area contributed by atoms with Crippen LogP contribution in [0.2, 0.25) is 0 Å². The lowest BCUT2D eigenvalue weighted by atomic mass is 9.92. The molecule has 0 saturated carbocycles. The molecular weight excluding hydrogens is 248 g/mol. The molecule has 6 atom stereocenters. The average Bonchev–Trinajstić information content (AvgIpc) is 2.80. The molecule has 0 aromatic carbocycles. The first kappa shape index (κ1) is 14.5. The first-order valence-corrected chi connectivity index (χ1v) is 6.86. The van der Waals surface area contributed by atoms with E-state index in [2.05, 4.69) is 0 Å². The fourth-order valence-corrected chi connectivity index (χ4v) is 2.82. The van der Waals surface area contributed by atoms with Gasteiger partial charge in [-0.15, -0.1) is 0 Å². The Balaban J connectivity index is 1.86. The smallest absolute Gasteiger partial charge is 0.309 e. The van der Waals surface area contributed by atoms with Crippen molar-refractivity contribution in [2.45, 2.75) is 40.1 Å². The third kappa shape index (κ3) is 2.82. The lowest BCUT2D eigenvalue weighted by Gasteiger charge is -2.22. The van der Waals surface area contributed by atoms with Crippen molar-refractivity contribution < 1.29 is 23.8 Å². The molecule has 0 aromatic rings. The van der Waals surface area contributed by atoms with Gasteiger partial charge in [-0.25, -0.2) is 0 Å². The highest BCUT2D eigenvalue weighted by molar-refractivity contribution is 5.79. The monoisotopic (exact) mass is 270 g/mol. The molecule has 0 unspecified atom stereocenters. The Labute approximate surface area is 113 Å². The Bertz CT molecular complexity index is 367. The number of carbonyl (C=O) groups excluding carboxylic acids is 2. The number of hydrogen-bond acceptors (Lipinski definition) is 5. The van der Waals surface area contributed by atoms with E-state index in [4.69, 9.17) is 14.2 Å². The zero-order valence-electron chi connectivity index (χ0n) is 11.9. The fourth-order valence-electron chi connectivity index (χ4n) is 2.82. The summed E-state index contributed by atoms with van der Waals surface area (Å²) in [5.41, 5.74) is 0. The van der Waals surface area contributed by atoms with Gasteiger partial charge in [-0.05, 0) is 13.8 Å².